The molecule has 0 bridgehead atoms. The fraction of sp³-hybridized carbons (Fsp3) is 0.409. The van der Waals surface area contributed by atoms with Gasteiger partial charge in [0, 0.05) is 12.5 Å². The molecule has 1 aromatic heterocycles. The lowest BCUT2D eigenvalue weighted by molar-refractivity contribution is -0.126. The quantitative estimate of drug-likeness (QED) is 0.817. The topological polar surface area (TPSA) is 78.5 Å². The Hall–Kier alpha value is -2.67. The maximum absolute atomic E-state index is 13.3. The van der Waals surface area contributed by atoms with Gasteiger partial charge in [0.15, 0.2) is 0 Å². The number of fused-ring (bicyclic) bond motifs is 2. The second-order valence-electron chi connectivity index (χ2n) is 8.09. The summed E-state index contributed by atoms with van der Waals surface area (Å²) in [6, 6.07) is 6.59. The van der Waals surface area contributed by atoms with E-state index < -0.39 is 6.04 Å². The van der Waals surface area contributed by atoms with E-state index in [1.165, 1.54) is 0 Å². The molecule has 3 heterocycles. The van der Waals surface area contributed by atoms with Crippen LogP contribution in [0.25, 0.3) is 11.1 Å². The highest BCUT2D eigenvalue weighted by molar-refractivity contribution is 7.08. The molecule has 2 aliphatic heterocycles. The number of nitrogens with zero attached hydrogens (tertiary/aromatic N) is 1. The summed E-state index contributed by atoms with van der Waals surface area (Å²) in [4.78, 5) is 40.5. The second kappa shape index (κ2) is 7.30. The first-order chi connectivity index (χ1) is 14.1. The average molecular weight is 410 g/mol. The van der Waals surface area contributed by atoms with Crippen LogP contribution in [-0.2, 0) is 9.59 Å². The van der Waals surface area contributed by atoms with Gasteiger partial charge >= 0.3 is 0 Å². The van der Waals surface area contributed by atoms with Crippen molar-refractivity contribution in [2.75, 3.05) is 11.9 Å². The first-order valence-electron chi connectivity index (χ1n) is 10.2. The number of carbonyl (C=O) groups excluding carboxylic acids is 3. The van der Waals surface area contributed by atoms with Crippen LogP contribution >= 0.6 is 11.3 Å². The number of amides is 3. The summed E-state index contributed by atoms with van der Waals surface area (Å²) in [7, 11) is 0. The monoisotopic (exact) mass is 409 g/mol. The number of rotatable bonds is 3. The van der Waals surface area contributed by atoms with Crippen LogP contribution in [0.3, 0.4) is 0 Å². The van der Waals surface area contributed by atoms with E-state index in [2.05, 4.69) is 10.6 Å². The molecule has 2 aromatic rings. The summed E-state index contributed by atoms with van der Waals surface area (Å²) in [6.07, 6.45) is 4.59. The molecule has 29 heavy (non-hydrogen) atoms. The zero-order valence-corrected chi connectivity index (χ0v) is 16.8. The van der Waals surface area contributed by atoms with Gasteiger partial charge in [-0.1, -0.05) is 18.9 Å². The molecule has 2 unspecified atom stereocenters. The van der Waals surface area contributed by atoms with E-state index in [1.54, 1.807) is 22.3 Å². The predicted molar refractivity (Wildman–Crippen MR) is 112 cm³/mol. The van der Waals surface area contributed by atoms with E-state index in [1.807, 2.05) is 29.0 Å². The van der Waals surface area contributed by atoms with E-state index in [-0.39, 0.29) is 29.7 Å². The van der Waals surface area contributed by atoms with Gasteiger partial charge in [0.25, 0.3) is 5.91 Å². The van der Waals surface area contributed by atoms with E-state index in [0.717, 1.165) is 36.8 Å². The minimum Gasteiger partial charge on any atom is -0.350 e. The van der Waals surface area contributed by atoms with Crippen molar-refractivity contribution >= 4 is 34.7 Å². The van der Waals surface area contributed by atoms with Gasteiger partial charge < -0.3 is 15.5 Å². The molecule has 2 fully saturated rings. The molecule has 7 heteroatoms. The molecule has 3 aliphatic rings. The van der Waals surface area contributed by atoms with Crippen LogP contribution in [0.5, 0.6) is 0 Å². The van der Waals surface area contributed by atoms with Crippen LogP contribution in [0.15, 0.2) is 35.0 Å². The highest BCUT2D eigenvalue weighted by Gasteiger charge is 2.45. The van der Waals surface area contributed by atoms with Crippen LogP contribution in [0.4, 0.5) is 5.69 Å². The summed E-state index contributed by atoms with van der Waals surface area (Å²) in [6.45, 7) is 0.467. The van der Waals surface area contributed by atoms with E-state index in [0.29, 0.717) is 24.2 Å². The number of carbonyl (C=O) groups is 3. The van der Waals surface area contributed by atoms with Gasteiger partial charge in [0.05, 0.1) is 17.3 Å². The summed E-state index contributed by atoms with van der Waals surface area (Å²) in [5, 5.41) is 10.0. The van der Waals surface area contributed by atoms with Gasteiger partial charge in [-0.25, -0.2) is 0 Å². The zero-order valence-electron chi connectivity index (χ0n) is 16.0. The van der Waals surface area contributed by atoms with Crippen molar-refractivity contribution in [1.82, 2.24) is 10.2 Å². The summed E-state index contributed by atoms with van der Waals surface area (Å²) in [5.41, 5.74) is 3.05. The molecule has 1 saturated carbocycles. The summed E-state index contributed by atoms with van der Waals surface area (Å²) >= 11 is 1.60. The third-order valence-corrected chi connectivity index (χ3v) is 7.03. The SMILES string of the molecule is O=C(NC1CCN2C(=O)c3cc(-c4ccsc4)ccc3NC(=O)C12)C1CCCC1. The Kier molecular flexibility index (Phi) is 4.62. The van der Waals surface area contributed by atoms with Gasteiger partial charge in [-0.05, 0) is 59.3 Å². The largest absolute Gasteiger partial charge is 0.350 e. The normalized spacial score (nSPS) is 24.1. The standard InChI is InChI=1S/C22H23N3O3S/c26-20(13-3-1-2-4-13)24-18-7-9-25-19(18)21(27)23-17-6-5-14(11-16(17)22(25)28)15-8-10-29-12-15/h5-6,8,10-13,18-19H,1-4,7,9H2,(H,23,27)(H,24,26). The summed E-state index contributed by atoms with van der Waals surface area (Å²) in [5.74, 6) is -0.317. The van der Waals surface area contributed by atoms with Gasteiger partial charge in [0.1, 0.15) is 6.04 Å². The Labute approximate surface area is 173 Å². The zero-order chi connectivity index (χ0) is 20.0. The number of hydrogen-bond acceptors (Lipinski definition) is 4. The van der Waals surface area contributed by atoms with Crippen molar-refractivity contribution in [3.05, 3.63) is 40.6 Å². The molecule has 2 N–H and O–H groups in total. The summed E-state index contributed by atoms with van der Waals surface area (Å²) < 4.78 is 0. The molecular formula is C22H23N3O3S. The Bertz CT molecular complexity index is 966. The van der Waals surface area contributed by atoms with E-state index >= 15 is 0 Å². The van der Waals surface area contributed by atoms with Crippen molar-refractivity contribution in [3.8, 4) is 11.1 Å². The maximum Gasteiger partial charge on any atom is 0.256 e. The third kappa shape index (κ3) is 3.23. The van der Waals surface area contributed by atoms with Gasteiger partial charge in [-0.2, -0.15) is 11.3 Å². The predicted octanol–water partition coefficient (Wildman–Crippen LogP) is 3.26. The van der Waals surface area contributed by atoms with Crippen molar-refractivity contribution in [3.63, 3.8) is 0 Å². The van der Waals surface area contributed by atoms with E-state index in [4.69, 9.17) is 0 Å². The van der Waals surface area contributed by atoms with Crippen molar-refractivity contribution in [2.45, 2.75) is 44.2 Å². The number of thiophene rings is 1. The number of anilines is 1. The van der Waals surface area contributed by atoms with Crippen molar-refractivity contribution < 1.29 is 14.4 Å². The Balaban J connectivity index is 1.41. The van der Waals surface area contributed by atoms with Crippen LogP contribution in [0.1, 0.15) is 42.5 Å². The van der Waals surface area contributed by atoms with Crippen molar-refractivity contribution in [2.24, 2.45) is 5.92 Å². The Morgan fingerprint density at radius 2 is 1.93 bits per heavy atom. The first-order valence-corrected chi connectivity index (χ1v) is 11.1. The highest BCUT2D eigenvalue weighted by atomic mass is 32.1. The molecule has 150 valence electrons. The Morgan fingerprint density at radius 1 is 1.10 bits per heavy atom. The fourth-order valence-electron chi connectivity index (χ4n) is 4.78. The minimum atomic E-state index is -0.662. The Morgan fingerprint density at radius 3 is 2.69 bits per heavy atom. The lowest BCUT2D eigenvalue weighted by Crippen LogP contribution is -2.52. The average Bonchev–Trinajstić information content (AvgIpc) is 3.47. The smallest absolute Gasteiger partial charge is 0.256 e. The van der Waals surface area contributed by atoms with Gasteiger partial charge in [0.2, 0.25) is 11.8 Å². The lowest BCUT2D eigenvalue weighted by Gasteiger charge is -2.25. The van der Waals surface area contributed by atoms with E-state index in [9.17, 15) is 14.4 Å². The number of benzene rings is 1. The van der Waals surface area contributed by atoms with Crippen LogP contribution in [0.2, 0.25) is 0 Å². The van der Waals surface area contributed by atoms with Gasteiger partial charge in [-0.3, -0.25) is 14.4 Å². The third-order valence-electron chi connectivity index (χ3n) is 6.34. The number of hydrogen-bond donors (Lipinski definition) is 2. The maximum atomic E-state index is 13.3. The second-order valence-corrected chi connectivity index (χ2v) is 8.87. The molecule has 2 atom stereocenters. The number of nitrogens with one attached hydrogen (secondary N) is 2. The molecule has 0 spiro atoms. The molecular weight excluding hydrogens is 386 g/mol. The molecule has 1 aliphatic carbocycles. The lowest BCUT2D eigenvalue weighted by atomic mass is 10.0. The first kappa shape index (κ1) is 18.4. The van der Waals surface area contributed by atoms with Crippen LogP contribution in [-0.4, -0.2) is 41.2 Å². The fourth-order valence-corrected chi connectivity index (χ4v) is 5.45. The molecule has 6 nitrogen and oxygen atoms in total. The molecule has 0 radical (unpaired) electrons. The molecule has 1 saturated heterocycles. The van der Waals surface area contributed by atoms with Crippen LogP contribution < -0.4 is 10.6 Å². The molecule has 3 amide bonds. The van der Waals surface area contributed by atoms with Crippen LogP contribution in [0, 0.1) is 5.92 Å². The van der Waals surface area contributed by atoms with Crippen molar-refractivity contribution in [1.29, 1.82) is 0 Å². The minimum absolute atomic E-state index is 0.0242. The highest BCUT2D eigenvalue weighted by Crippen LogP contribution is 2.33. The van der Waals surface area contributed by atoms with Gasteiger partial charge in [-0.15, -0.1) is 0 Å². The molecule has 1 aromatic carbocycles. The molecule has 5 rings (SSSR count).